The van der Waals surface area contributed by atoms with Crippen LogP contribution in [0.25, 0.3) is 0 Å². The summed E-state index contributed by atoms with van der Waals surface area (Å²) in [6, 6.07) is 19.8. The zero-order valence-corrected chi connectivity index (χ0v) is 20.5. The van der Waals surface area contributed by atoms with E-state index in [0.29, 0.717) is 0 Å². The fourth-order valence-electron chi connectivity index (χ4n) is 4.36. The summed E-state index contributed by atoms with van der Waals surface area (Å²) in [6.07, 6.45) is -4.81. The molecule has 2 atom stereocenters. The van der Waals surface area contributed by atoms with Crippen LogP contribution >= 0.6 is 22.9 Å². The number of alkyl halides is 3. The number of hydrogen-bond acceptors (Lipinski definition) is 4. The van der Waals surface area contributed by atoms with Crippen molar-refractivity contribution in [2.45, 2.75) is 37.8 Å². The Balaban J connectivity index is 1.52. The molecule has 0 saturated heterocycles. The fourth-order valence-corrected chi connectivity index (χ4v) is 5.41. The lowest BCUT2D eigenvalue weighted by Gasteiger charge is -2.32. The maximum atomic E-state index is 14.1. The molecule has 1 aliphatic heterocycles. The van der Waals surface area contributed by atoms with Gasteiger partial charge < -0.3 is 10.2 Å². The minimum atomic E-state index is -4.56. The maximum Gasteiger partial charge on any atom is 0.410 e. The molecule has 36 heavy (non-hydrogen) atoms. The van der Waals surface area contributed by atoms with Gasteiger partial charge in [-0.2, -0.15) is 18.3 Å². The number of halogens is 4. The first-order valence-electron chi connectivity index (χ1n) is 11.3. The molecule has 0 unspecified atom stereocenters. The van der Waals surface area contributed by atoms with Gasteiger partial charge in [0.1, 0.15) is 10.8 Å². The number of carbonyl (C=O) groups is 1. The Hall–Kier alpha value is -3.30. The van der Waals surface area contributed by atoms with E-state index >= 15 is 0 Å². The molecule has 5 nitrogen and oxygen atoms in total. The molecule has 0 bridgehead atoms. The highest BCUT2D eigenvalue weighted by atomic mass is 35.5. The molecule has 0 spiro atoms. The van der Waals surface area contributed by atoms with Gasteiger partial charge in [0.05, 0.1) is 6.04 Å². The molecule has 186 valence electrons. The van der Waals surface area contributed by atoms with E-state index in [4.69, 9.17) is 11.6 Å². The van der Waals surface area contributed by atoms with Crippen LogP contribution in [0.2, 0.25) is 5.02 Å². The minimum absolute atomic E-state index is 0.00589. The first-order chi connectivity index (χ1) is 17.3. The molecule has 0 aliphatic carbocycles. The summed E-state index contributed by atoms with van der Waals surface area (Å²) < 4.78 is 43.1. The van der Waals surface area contributed by atoms with Gasteiger partial charge in [0.2, 0.25) is 0 Å². The number of aromatic nitrogens is 2. The van der Waals surface area contributed by atoms with Gasteiger partial charge in [-0.3, -0.25) is 4.79 Å². The van der Waals surface area contributed by atoms with Gasteiger partial charge in [-0.25, -0.2) is 4.68 Å². The second-order valence-corrected chi connectivity index (χ2v) is 9.95. The van der Waals surface area contributed by atoms with Crippen molar-refractivity contribution in [2.75, 3.05) is 5.32 Å². The van der Waals surface area contributed by atoms with Gasteiger partial charge in [0.25, 0.3) is 5.91 Å². The number of nitrogens with one attached hydrogen (secondary N) is 1. The minimum Gasteiger partial charge on any atom is -0.361 e. The van der Waals surface area contributed by atoms with Crippen molar-refractivity contribution in [1.82, 2.24) is 14.7 Å². The third-order valence-corrected chi connectivity index (χ3v) is 7.45. The molecule has 1 amide bonds. The van der Waals surface area contributed by atoms with Crippen molar-refractivity contribution in [3.8, 4) is 0 Å². The smallest absolute Gasteiger partial charge is 0.361 e. The number of rotatable bonds is 6. The average molecular weight is 531 g/mol. The van der Waals surface area contributed by atoms with Crippen LogP contribution in [-0.2, 0) is 13.1 Å². The fraction of sp³-hybridized carbons (Fsp3) is 0.231. The highest BCUT2D eigenvalue weighted by Crippen LogP contribution is 2.47. The molecule has 0 saturated carbocycles. The van der Waals surface area contributed by atoms with Crippen molar-refractivity contribution in [1.29, 1.82) is 0 Å². The summed E-state index contributed by atoms with van der Waals surface area (Å²) in [5.74, 6) is -0.531. The number of nitrogens with zero attached hydrogens (tertiary/aromatic N) is 3. The molecule has 5 rings (SSSR count). The van der Waals surface area contributed by atoms with Crippen molar-refractivity contribution in [2.24, 2.45) is 0 Å². The van der Waals surface area contributed by atoms with E-state index < -0.39 is 24.2 Å². The van der Waals surface area contributed by atoms with E-state index in [1.54, 1.807) is 17.0 Å². The summed E-state index contributed by atoms with van der Waals surface area (Å²) in [5, 5.41) is 8.93. The predicted octanol–water partition coefficient (Wildman–Crippen LogP) is 7.10. The van der Waals surface area contributed by atoms with Crippen molar-refractivity contribution >= 4 is 34.7 Å². The number of thiophene rings is 1. The topological polar surface area (TPSA) is 50.2 Å². The normalized spacial score (nSPS) is 17.3. The van der Waals surface area contributed by atoms with E-state index in [0.717, 1.165) is 20.7 Å². The maximum absolute atomic E-state index is 14.1. The number of amides is 1. The molecule has 1 aliphatic rings. The molecule has 2 aromatic heterocycles. The summed E-state index contributed by atoms with van der Waals surface area (Å²) in [7, 11) is 0. The van der Waals surface area contributed by atoms with Crippen LogP contribution in [0.5, 0.6) is 0 Å². The highest BCUT2D eigenvalue weighted by Gasteiger charge is 2.48. The molecule has 0 fully saturated rings. The Kier molecular flexibility index (Phi) is 6.77. The Morgan fingerprint density at radius 3 is 2.17 bits per heavy atom. The largest absolute Gasteiger partial charge is 0.410 e. The molecule has 0 radical (unpaired) electrons. The average Bonchev–Trinajstić information content (AvgIpc) is 3.52. The lowest BCUT2D eigenvalue weighted by Crippen LogP contribution is -2.35. The van der Waals surface area contributed by atoms with Gasteiger partial charge in [-0.05, 0) is 22.6 Å². The quantitative estimate of drug-likeness (QED) is 0.289. The van der Waals surface area contributed by atoms with E-state index in [9.17, 15) is 18.0 Å². The molecular weight excluding hydrogens is 509 g/mol. The molecule has 2 aromatic carbocycles. The second-order valence-electron chi connectivity index (χ2n) is 8.59. The number of hydrogen-bond donors (Lipinski definition) is 1. The second kappa shape index (κ2) is 9.99. The number of benzene rings is 2. The van der Waals surface area contributed by atoms with Gasteiger partial charge in [-0.1, -0.05) is 78.3 Å². The molecule has 3 heterocycles. The van der Waals surface area contributed by atoms with Gasteiger partial charge >= 0.3 is 6.18 Å². The standard InChI is InChI=1S/C26H22ClF3N4OS/c27-22-23(25(35)33(15-17-8-3-1-4-9-17)16-18-10-5-2-6-11-18)32-34-21(26(28,29)30)14-19(31-24(22)34)20-12-7-13-36-20/h1-13,19,21,31H,14-16H2/t19-,21-/m1/s1. The van der Waals surface area contributed by atoms with Crippen LogP contribution in [0.15, 0.2) is 78.2 Å². The summed E-state index contributed by atoms with van der Waals surface area (Å²) in [5.41, 5.74) is 1.56. The Bertz CT molecular complexity index is 1290. The first-order valence-corrected chi connectivity index (χ1v) is 12.6. The van der Waals surface area contributed by atoms with Crippen LogP contribution in [0.1, 0.15) is 45.0 Å². The van der Waals surface area contributed by atoms with Crippen LogP contribution < -0.4 is 5.32 Å². The van der Waals surface area contributed by atoms with E-state index in [2.05, 4.69) is 10.4 Å². The summed E-state index contributed by atoms with van der Waals surface area (Å²) in [6.45, 7) is 0.502. The van der Waals surface area contributed by atoms with Crippen LogP contribution in [0, 0.1) is 0 Å². The van der Waals surface area contributed by atoms with Crippen molar-refractivity contribution < 1.29 is 18.0 Å². The zero-order valence-electron chi connectivity index (χ0n) is 19.0. The zero-order chi connectivity index (χ0) is 25.3. The summed E-state index contributed by atoms with van der Waals surface area (Å²) in [4.78, 5) is 16.0. The predicted molar refractivity (Wildman–Crippen MR) is 134 cm³/mol. The van der Waals surface area contributed by atoms with Crippen LogP contribution in [-0.4, -0.2) is 26.8 Å². The van der Waals surface area contributed by atoms with Crippen LogP contribution in [0.3, 0.4) is 0 Å². The molecule has 4 aromatic rings. The Labute approximate surface area is 215 Å². The Morgan fingerprint density at radius 1 is 1.03 bits per heavy atom. The number of fused-ring (bicyclic) bond motifs is 1. The van der Waals surface area contributed by atoms with Crippen molar-refractivity contribution in [3.63, 3.8) is 0 Å². The Morgan fingerprint density at radius 2 is 1.64 bits per heavy atom. The molecular formula is C26H22ClF3N4OS. The third kappa shape index (κ3) is 4.99. The van der Waals surface area contributed by atoms with E-state index in [1.807, 2.05) is 66.0 Å². The lowest BCUT2D eigenvalue weighted by molar-refractivity contribution is -0.173. The van der Waals surface area contributed by atoms with Gasteiger partial charge in [0, 0.05) is 24.4 Å². The number of carbonyl (C=O) groups excluding carboxylic acids is 1. The van der Waals surface area contributed by atoms with E-state index in [-0.39, 0.29) is 36.0 Å². The summed E-state index contributed by atoms with van der Waals surface area (Å²) >= 11 is 7.94. The van der Waals surface area contributed by atoms with Gasteiger partial charge in [0.15, 0.2) is 11.7 Å². The van der Waals surface area contributed by atoms with E-state index in [1.165, 1.54) is 11.3 Å². The third-order valence-electron chi connectivity index (χ3n) is 6.10. The SMILES string of the molecule is O=C(c1nn2c(c1Cl)N[C@@H](c1cccs1)C[C@@H]2C(F)(F)F)N(Cc1ccccc1)Cc1ccccc1. The van der Waals surface area contributed by atoms with Gasteiger partial charge in [-0.15, -0.1) is 11.3 Å². The highest BCUT2D eigenvalue weighted by molar-refractivity contribution is 7.10. The molecule has 10 heteroatoms. The monoisotopic (exact) mass is 530 g/mol. The van der Waals surface area contributed by atoms with Crippen molar-refractivity contribution in [3.05, 3.63) is 105 Å². The van der Waals surface area contributed by atoms with Crippen LogP contribution in [0.4, 0.5) is 19.0 Å². The molecule has 1 N–H and O–H groups in total. The first kappa shape index (κ1) is 24.4. The number of anilines is 1. The lowest BCUT2D eigenvalue weighted by atomic mass is 10.0.